The number of imidazole rings is 1. The van der Waals surface area contributed by atoms with Crippen molar-refractivity contribution >= 4 is 5.91 Å². The Hall–Kier alpha value is -1.36. The van der Waals surface area contributed by atoms with E-state index in [2.05, 4.69) is 14.9 Å². The van der Waals surface area contributed by atoms with Gasteiger partial charge in [-0.1, -0.05) is 0 Å². The van der Waals surface area contributed by atoms with Crippen LogP contribution in [-0.4, -0.2) is 27.0 Å². The Morgan fingerprint density at radius 2 is 2.25 bits per heavy atom. The third-order valence-electron chi connectivity index (χ3n) is 4.61. The molecule has 1 heterocycles. The topological polar surface area (TPSA) is 72.9 Å². The lowest BCUT2D eigenvalue weighted by Gasteiger charge is -2.28. The predicted molar refractivity (Wildman–Crippen MR) is 77.2 cm³/mol. The summed E-state index contributed by atoms with van der Waals surface area (Å²) in [6.45, 7) is 2.73. The number of rotatable bonds is 6. The Bertz CT molecular complexity index is 506. The average Bonchev–Trinajstić information content (AvgIpc) is 3.14. The zero-order chi connectivity index (χ0) is 14.2. The maximum Gasteiger partial charge on any atom is 0.237 e. The highest BCUT2D eigenvalue weighted by Gasteiger charge is 2.36. The molecule has 1 aromatic heterocycles. The summed E-state index contributed by atoms with van der Waals surface area (Å²) in [6, 6.07) is 0.476. The molecule has 110 valence electrons. The van der Waals surface area contributed by atoms with Crippen LogP contribution in [0, 0.1) is 0 Å². The maximum absolute atomic E-state index is 11.8. The number of nitrogens with zero attached hydrogens (tertiary/aromatic N) is 2. The molecule has 1 fully saturated rings. The normalized spacial score (nSPS) is 21.2. The highest BCUT2D eigenvalue weighted by atomic mass is 16.1. The SMILES string of the molecule is CC(CCn1cnc2c1CCCC2)(NC1CC1)C(N)=O. The number of amides is 1. The summed E-state index contributed by atoms with van der Waals surface area (Å²) in [5.41, 5.74) is 7.59. The summed E-state index contributed by atoms with van der Waals surface area (Å²) in [4.78, 5) is 16.3. The van der Waals surface area contributed by atoms with Crippen LogP contribution < -0.4 is 11.1 Å². The van der Waals surface area contributed by atoms with E-state index in [1.165, 1.54) is 24.2 Å². The van der Waals surface area contributed by atoms with Crippen LogP contribution in [0.25, 0.3) is 0 Å². The van der Waals surface area contributed by atoms with Gasteiger partial charge in [-0.15, -0.1) is 0 Å². The van der Waals surface area contributed by atoms with Gasteiger partial charge in [-0.2, -0.15) is 0 Å². The van der Waals surface area contributed by atoms with Crippen molar-refractivity contribution in [3.05, 3.63) is 17.7 Å². The minimum Gasteiger partial charge on any atom is -0.368 e. The molecular formula is C15H24N4O. The molecule has 3 N–H and O–H groups in total. The number of nitrogens with two attached hydrogens (primary N) is 1. The standard InChI is InChI=1S/C15H24N4O/c1-15(14(16)20,18-11-6-7-11)8-9-19-10-17-12-4-2-3-5-13(12)19/h10-11,18H,2-9H2,1H3,(H2,16,20). The van der Waals surface area contributed by atoms with Gasteiger partial charge in [-0.3, -0.25) is 4.79 Å². The number of aromatic nitrogens is 2. The van der Waals surface area contributed by atoms with Crippen LogP contribution >= 0.6 is 0 Å². The fourth-order valence-corrected chi connectivity index (χ4v) is 3.01. The van der Waals surface area contributed by atoms with Gasteiger partial charge in [0.2, 0.25) is 5.91 Å². The number of primary amides is 1. The molecule has 1 atom stereocenters. The van der Waals surface area contributed by atoms with Crippen molar-refractivity contribution < 1.29 is 4.79 Å². The van der Waals surface area contributed by atoms with E-state index >= 15 is 0 Å². The monoisotopic (exact) mass is 276 g/mol. The number of fused-ring (bicyclic) bond motifs is 1. The van der Waals surface area contributed by atoms with Gasteiger partial charge in [0.05, 0.1) is 17.6 Å². The number of carbonyl (C=O) groups excluding carboxylic acids is 1. The van der Waals surface area contributed by atoms with Crippen LogP contribution in [0.15, 0.2) is 6.33 Å². The van der Waals surface area contributed by atoms with Crippen LogP contribution in [0.1, 0.15) is 50.4 Å². The first-order valence-corrected chi connectivity index (χ1v) is 7.69. The number of aryl methyl sites for hydroxylation is 2. The van der Waals surface area contributed by atoms with Gasteiger partial charge >= 0.3 is 0 Å². The summed E-state index contributed by atoms with van der Waals surface area (Å²) < 4.78 is 2.21. The molecule has 1 unspecified atom stereocenters. The largest absolute Gasteiger partial charge is 0.368 e. The lowest BCUT2D eigenvalue weighted by Crippen LogP contribution is -2.54. The summed E-state index contributed by atoms with van der Waals surface area (Å²) in [7, 11) is 0. The molecule has 2 aliphatic carbocycles. The molecule has 2 aliphatic rings. The molecule has 5 nitrogen and oxygen atoms in total. The minimum atomic E-state index is -0.604. The van der Waals surface area contributed by atoms with Gasteiger partial charge in [0.25, 0.3) is 0 Å². The van der Waals surface area contributed by atoms with Crippen LogP contribution in [-0.2, 0) is 24.2 Å². The van der Waals surface area contributed by atoms with Crippen molar-refractivity contribution in [1.82, 2.24) is 14.9 Å². The second-order valence-corrected chi connectivity index (χ2v) is 6.40. The molecule has 0 saturated heterocycles. The number of hydrogen-bond donors (Lipinski definition) is 2. The molecular weight excluding hydrogens is 252 g/mol. The van der Waals surface area contributed by atoms with Gasteiger partial charge in [0.15, 0.2) is 0 Å². The highest BCUT2D eigenvalue weighted by molar-refractivity contribution is 5.84. The maximum atomic E-state index is 11.8. The highest BCUT2D eigenvalue weighted by Crippen LogP contribution is 2.25. The number of nitrogens with one attached hydrogen (secondary N) is 1. The first kappa shape index (κ1) is 13.6. The zero-order valence-electron chi connectivity index (χ0n) is 12.2. The fourth-order valence-electron chi connectivity index (χ4n) is 3.01. The zero-order valence-corrected chi connectivity index (χ0v) is 12.2. The van der Waals surface area contributed by atoms with Gasteiger partial charge in [-0.05, 0) is 51.9 Å². The van der Waals surface area contributed by atoms with E-state index in [-0.39, 0.29) is 5.91 Å². The summed E-state index contributed by atoms with van der Waals surface area (Å²) in [6.07, 6.45) is 9.65. The fraction of sp³-hybridized carbons (Fsp3) is 0.733. The summed E-state index contributed by atoms with van der Waals surface area (Å²) in [5, 5.41) is 3.40. The van der Waals surface area contributed by atoms with Gasteiger partial charge in [0, 0.05) is 18.3 Å². The van der Waals surface area contributed by atoms with E-state index in [0.717, 1.165) is 38.6 Å². The molecule has 1 amide bonds. The molecule has 0 aliphatic heterocycles. The number of carbonyl (C=O) groups is 1. The molecule has 0 aromatic carbocycles. The Kier molecular flexibility index (Phi) is 3.54. The van der Waals surface area contributed by atoms with Crippen molar-refractivity contribution in [3.8, 4) is 0 Å². The van der Waals surface area contributed by atoms with E-state index in [0.29, 0.717) is 6.04 Å². The lowest BCUT2D eigenvalue weighted by atomic mass is 9.96. The quantitative estimate of drug-likeness (QED) is 0.818. The smallest absolute Gasteiger partial charge is 0.237 e. The molecule has 5 heteroatoms. The van der Waals surface area contributed by atoms with E-state index in [9.17, 15) is 4.79 Å². The summed E-state index contributed by atoms with van der Waals surface area (Å²) >= 11 is 0. The molecule has 0 spiro atoms. The first-order valence-electron chi connectivity index (χ1n) is 7.69. The van der Waals surface area contributed by atoms with Crippen molar-refractivity contribution in [2.24, 2.45) is 5.73 Å². The van der Waals surface area contributed by atoms with Crippen molar-refractivity contribution in [3.63, 3.8) is 0 Å². The third-order valence-corrected chi connectivity index (χ3v) is 4.61. The first-order chi connectivity index (χ1) is 9.58. The predicted octanol–water partition coefficient (Wildman–Crippen LogP) is 1.15. The van der Waals surface area contributed by atoms with Gasteiger partial charge in [-0.25, -0.2) is 4.98 Å². The van der Waals surface area contributed by atoms with E-state index < -0.39 is 5.54 Å². The lowest BCUT2D eigenvalue weighted by molar-refractivity contribution is -0.124. The van der Waals surface area contributed by atoms with E-state index in [1.54, 1.807) is 0 Å². The Morgan fingerprint density at radius 1 is 1.50 bits per heavy atom. The third kappa shape index (κ3) is 2.73. The van der Waals surface area contributed by atoms with Crippen molar-refractivity contribution in [1.29, 1.82) is 0 Å². The van der Waals surface area contributed by atoms with Crippen LogP contribution in [0.3, 0.4) is 0 Å². The Balaban J connectivity index is 1.67. The minimum absolute atomic E-state index is 0.251. The number of hydrogen-bond acceptors (Lipinski definition) is 3. The molecule has 1 saturated carbocycles. The Morgan fingerprint density at radius 3 is 2.95 bits per heavy atom. The molecule has 3 rings (SSSR count). The van der Waals surface area contributed by atoms with Crippen molar-refractivity contribution in [2.45, 2.75) is 70.0 Å². The second-order valence-electron chi connectivity index (χ2n) is 6.40. The van der Waals surface area contributed by atoms with E-state index in [1.807, 2.05) is 13.3 Å². The van der Waals surface area contributed by atoms with Crippen LogP contribution in [0.2, 0.25) is 0 Å². The van der Waals surface area contributed by atoms with Crippen LogP contribution in [0.5, 0.6) is 0 Å². The van der Waals surface area contributed by atoms with Gasteiger partial charge < -0.3 is 15.6 Å². The molecule has 0 bridgehead atoms. The second kappa shape index (κ2) is 5.20. The molecule has 0 radical (unpaired) electrons. The molecule has 20 heavy (non-hydrogen) atoms. The van der Waals surface area contributed by atoms with Gasteiger partial charge in [0.1, 0.15) is 0 Å². The Labute approximate surface area is 119 Å². The summed E-state index contributed by atoms with van der Waals surface area (Å²) in [5.74, 6) is -0.251. The van der Waals surface area contributed by atoms with Crippen molar-refractivity contribution in [2.75, 3.05) is 0 Å². The molecule has 1 aromatic rings. The van der Waals surface area contributed by atoms with Crippen LogP contribution in [0.4, 0.5) is 0 Å². The average molecular weight is 276 g/mol. The van der Waals surface area contributed by atoms with E-state index in [4.69, 9.17) is 5.73 Å².